The number of amides is 1. The molecule has 0 radical (unpaired) electrons. The van der Waals surface area contributed by atoms with Crippen LogP contribution in [0.15, 0.2) is 69.0 Å². The highest BCUT2D eigenvalue weighted by molar-refractivity contribution is 8.77. The maximum Gasteiger partial charge on any atom is 0.336 e. The Morgan fingerprint density at radius 3 is 2.77 bits per heavy atom. The Labute approximate surface area is 311 Å². The highest BCUT2D eigenvalue weighted by atomic mass is 33.1. The number of nitrogens with zero attached hydrogens (tertiary/aromatic N) is 2. The molecule has 12 heteroatoms. The van der Waals surface area contributed by atoms with Gasteiger partial charge >= 0.3 is 11.6 Å². The van der Waals surface area contributed by atoms with Crippen LogP contribution in [0.3, 0.4) is 0 Å². The van der Waals surface area contributed by atoms with Gasteiger partial charge in [0.05, 0.1) is 18.4 Å². The third kappa shape index (κ3) is 5.67. The molecular formula is C40H46N4O6S2. The third-order valence-electron chi connectivity index (χ3n) is 12.2. The predicted octanol–water partition coefficient (Wildman–Crippen LogP) is 6.12. The van der Waals surface area contributed by atoms with Gasteiger partial charge in [0.2, 0.25) is 5.91 Å². The Kier molecular flexibility index (Phi) is 9.02. The average Bonchev–Trinajstić information content (AvgIpc) is 3.72. The Bertz CT molecular complexity index is 2070. The molecule has 2 fully saturated rings. The number of hydrogen-bond donors (Lipinski definition) is 2. The molecular weight excluding hydrogens is 697 g/mol. The summed E-state index contributed by atoms with van der Waals surface area (Å²) in [5, 5.41) is 4.17. The first-order valence-corrected chi connectivity index (χ1v) is 20.6. The van der Waals surface area contributed by atoms with Gasteiger partial charge in [-0.15, -0.1) is 0 Å². The second-order valence-electron chi connectivity index (χ2n) is 15.3. The number of carbonyl (C=O) groups is 2. The second-order valence-corrected chi connectivity index (χ2v) is 18.1. The number of nitrogens with one attached hydrogen (secondary N) is 1. The monoisotopic (exact) mass is 742 g/mol. The fourth-order valence-corrected chi connectivity index (χ4v) is 13.2. The van der Waals surface area contributed by atoms with E-state index in [-0.39, 0.29) is 23.1 Å². The molecule has 1 saturated heterocycles. The zero-order valence-electron chi connectivity index (χ0n) is 30.2. The van der Waals surface area contributed by atoms with Crippen molar-refractivity contribution in [2.45, 2.75) is 93.6 Å². The molecule has 1 amide bonds. The maximum absolute atomic E-state index is 14.5. The zero-order valence-corrected chi connectivity index (χ0v) is 31.8. The second kappa shape index (κ2) is 13.3. The molecule has 1 saturated carbocycles. The summed E-state index contributed by atoms with van der Waals surface area (Å²) >= 11 is 0. The molecule has 274 valence electrons. The van der Waals surface area contributed by atoms with Crippen LogP contribution < -0.4 is 21.4 Å². The topological polar surface area (TPSA) is 137 Å². The number of nitrogen functional groups attached to an aromatic ring is 1. The average molecular weight is 743 g/mol. The van der Waals surface area contributed by atoms with E-state index in [0.717, 1.165) is 66.4 Å². The van der Waals surface area contributed by atoms with Gasteiger partial charge in [0.25, 0.3) is 0 Å². The van der Waals surface area contributed by atoms with Crippen LogP contribution in [0.25, 0.3) is 11.0 Å². The minimum absolute atomic E-state index is 0.0257. The van der Waals surface area contributed by atoms with Crippen molar-refractivity contribution in [1.29, 1.82) is 0 Å². The number of nitrogens with two attached hydrogens (primary N) is 1. The first-order valence-electron chi connectivity index (χ1n) is 18.3. The number of pyridine rings is 1. The summed E-state index contributed by atoms with van der Waals surface area (Å²) in [6, 6.07) is 9.00. The van der Waals surface area contributed by atoms with Crippen LogP contribution in [0.4, 0.5) is 5.82 Å². The number of ether oxygens (including phenoxy) is 2. The van der Waals surface area contributed by atoms with Crippen molar-refractivity contribution in [3.63, 3.8) is 0 Å². The number of benzene rings is 1. The van der Waals surface area contributed by atoms with Crippen molar-refractivity contribution < 1.29 is 23.5 Å². The zero-order chi connectivity index (χ0) is 36.4. The van der Waals surface area contributed by atoms with E-state index in [1.165, 1.54) is 6.07 Å². The summed E-state index contributed by atoms with van der Waals surface area (Å²) in [6.07, 6.45) is 11.2. The van der Waals surface area contributed by atoms with Gasteiger partial charge < -0.3 is 29.8 Å². The fraction of sp³-hybridized carbons (Fsp3) is 0.500. The van der Waals surface area contributed by atoms with E-state index >= 15 is 0 Å². The van der Waals surface area contributed by atoms with Crippen molar-refractivity contribution in [2.24, 2.45) is 5.92 Å². The minimum atomic E-state index is -1.14. The lowest BCUT2D eigenvalue weighted by atomic mass is 9.61. The molecule has 52 heavy (non-hydrogen) atoms. The highest BCUT2D eigenvalue weighted by Crippen LogP contribution is 2.60. The molecule has 10 nitrogen and oxygen atoms in total. The van der Waals surface area contributed by atoms with Crippen LogP contribution in [-0.4, -0.2) is 69.6 Å². The molecule has 2 aliphatic carbocycles. The first-order chi connectivity index (χ1) is 25.0. The molecule has 2 spiro atoms. The molecule has 3 aromatic rings. The van der Waals surface area contributed by atoms with E-state index in [1.807, 2.05) is 54.6 Å². The molecule has 0 bridgehead atoms. The number of rotatable bonds is 4. The van der Waals surface area contributed by atoms with Crippen molar-refractivity contribution in [2.75, 3.05) is 31.6 Å². The number of allylic oxidation sites excluding steroid dienone is 1. The largest absolute Gasteiger partial charge is 0.481 e. The molecule has 5 aliphatic rings. The standard InChI is InChI=1S/C40H46N4O6S2/c1-5-23(2)37(47)50-38(3)13-10-25-22-51-52-39(11-6-7-12-39)36-28(19-42-4)21-44(36)33(45)15-27-20-43-32(41)16-29(27)35(25)40(38)18-26-14-24-8-9-34(46)48-30(24)17-31(26)49-40/h5,8-10,14,16-17,20,28,35-36,42H,6-7,11-13,15,18-19,21-22H2,1-4H3,(H2,41,43). The normalized spacial score (nSPS) is 29.6. The summed E-state index contributed by atoms with van der Waals surface area (Å²) in [4.78, 5) is 47.0. The van der Waals surface area contributed by atoms with Gasteiger partial charge in [-0.25, -0.2) is 14.6 Å². The third-order valence-corrected chi connectivity index (χ3v) is 15.5. The number of fused-ring (bicyclic) bond motifs is 8. The molecule has 5 atom stereocenters. The van der Waals surface area contributed by atoms with Gasteiger partial charge in [-0.2, -0.15) is 0 Å². The van der Waals surface area contributed by atoms with Crippen LogP contribution in [0.5, 0.6) is 5.75 Å². The van der Waals surface area contributed by atoms with Gasteiger partial charge in [-0.05, 0) is 75.5 Å². The Morgan fingerprint density at radius 1 is 1.19 bits per heavy atom. The smallest absolute Gasteiger partial charge is 0.336 e. The Hall–Kier alpha value is -3.74. The van der Waals surface area contributed by atoms with E-state index in [2.05, 4.69) is 21.3 Å². The lowest BCUT2D eigenvalue weighted by molar-refractivity contribution is -0.183. The van der Waals surface area contributed by atoms with Crippen molar-refractivity contribution in [1.82, 2.24) is 15.2 Å². The Balaban J connectivity index is 1.30. The molecule has 3 aliphatic heterocycles. The quantitative estimate of drug-likeness (QED) is 0.105. The summed E-state index contributed by atoms with van der Waals surface area (Å²) in [5.74, 6) is 1.26. The lowest BCUT2D eigenvalue weighted by Crippen LogP contribution is -2.68. The number of aromatic nitrogens is 1. The number of hydrogen-bond acceptors (Lipinski definition) is 11. The van der Waals surface area contributed by atoms with E-state index in [0.29, 0.717) is 47.2 Å². The molecule has 5 unspecified atom stereocenters. The summed E-state index contributed by atoms with van der Waals surface area (Å²) in [6.45, 7) is 7.14. The van der Waals surface area contributed by atoms with E-state index in [4.69, 9.17) is 19.6 Å². The van der Waals surface area contributed by atoms with E-state index < -0.39 is 28.7 Å². The van der Waals surface area contributed by atoms with Gasteiger partial charge in [0.1, 0.15) is 17.2 Å². The van der Waals surface area contributed by atoms with Gasteiger partial charge in [-0.3, -0.25) is 4.79 Å². The lowest BCUT2D eigenvalue weighted by Gasteiger charge is -2.56. The SMILES string of the molecule is CC=C(C)C(=O)OC1(C)CC=C2CSSC3(CCCC3)C3C(CNC)CN3C(=O)Cc3cnc(N)cc3C2C12Cc1cc3ccc(=O)oc3cc1O2. The van der Waals surface area contributed by atoms with E-state index in [1.54, 1.807) is 31.3 Å². The van der Waals surface area contributed by atoms with Gasteiger partial charge in [0.15, 0.2) is 11.2 Å². The highest BCUT2D eigenvalue weighted by Gasteiger charge is 2.64. The van der Waals surface area contributed by atoms with Crippen LogP contribution >= 0.6 is 21.6 Å². The number of esters is 1. The van der Waals surface area contributed by atoms with Crippen molar-refractivity contribution >= 4 is 50.3 Å². The van der Waals surface area contributed by atoms with E-state index in [9.17, 15) is 14.4 Å². The number of carbonyl (C=O) groups excluding carboxylic acids is 2. The predicted molar refractivity (Wildman–Crippen MR) is 205 cm³/mol. The Morgan fingerprint density at radius 2 is 2.00 bits per heavy atom. The van der Waals surface area contributed by atoms with Crippen molar-refractivity contribution in [3.05, 3.63) is 86.9 Å². The molecule has 2 aromatic heterocycles. The minimum Gasteiger partial charge on any atom is -0.481 e. The molecule has 1 aromatic carbocycles. The fourth-order valence-electron chi connectivity index (χ4n) is 9.50. The number of anilines is 1. The van der Waals surface area contributed by atoms with Gasteiger partial charge in [0, 0.05) is 71.6 Å². The molecule has 3 N–H and O–H groups in total. The van der Waals surface area contributed by atoms with Gasteiger partial charge in [-0.1, -0.05) is 52.2 Å². The van der Waals surface area contributed by atoms with Crippen LogP contribution in [-0.2, 0) is 27.2 Å². The molecule has 5 heterocycles. The maximum atomic E-state index is 14.5. The summed E-state index contributed by atoms with van der Waals surface area (Å²) in [5.41, 5.74) is 8.40. The molecule has 8 rings (SSSR count). The van der Waals surface area contributed by atoms with Crippen LogP contribution in [0.1, 0.15) is 75.5 Å². The van der Waals surface area contributed by atoms with Crippen molar-refractivity contribution in [3.8, 4) is 5.75 Å². The van der Waals surface area contributed by atoms with Crippen LogP contribution in [0.2, 0.25) is 0 Å². The summed E-state index contributed by atoms with van der Waals surface area (Å²) < 4.78 is 19.4. The van der Waals surface area contributed by atoms with Crippen LogP contribution in [0, 0.1) is 5.92 Å². The summed E-state index contributed by atoms with van der Waals surface area (Å²) in [7, 11) is 5.82. The first kappa shape index (κ1) is 35.3.